The fraction of sp³-hybridized carbons (Fsp3) is 1.00. The minimum Gasteiger partial charge on any atom is -0.223 e. The first-order chi connectivity index (χ1) is 5.33. The van der Waals surface area contributed by atoms with E-state index in [1.54, 1.807) is 0 Å². The first-order valence-electron chi connectivity index (χ1n) is 2.29. The molecule has 0 heterocycles. The van der Waals surface area contributed by atoms with Crippen molar-refractivity contribution in [1.29, 1.82) is 0 Å². The highest BCUT2D eigenvalue weighted by Crippen LogP contribution is 2.26. The Balaban J connectivity index is 4.57. The lowest BCUT2D eigenvalue weighted by atomic mass is 10.8. The van der Waals surface area contributed by atoms with Crippen molar-refractivity contribution in [3.63, 3.8) is 0 Å². The summed E-state index contributed by atoms with van der Waals surface area (Å²) in [5.41, 5.74) is 7.75. The second-order valence-electron chi connectivity index (χ2n) is 1.45. The molecule has 0 bridgehead atoms. The number of hydrogen-bond acceptors (Lipinski definition) is 3. The van der Waals surface area contributed by atoms with Gasteiger partial charge in [-0.15, -0.1) is 11.6 Å². The molecular formula is C2H2Cl3N3O3S. The minimum atomic E-state index is -4.44. The quantitative estimate of drug-likeness (QED) is 0.332. The second kappa shape index (κ2) is 4.36. The molecule has 0 rings (SSSR count). The fourth-order valence-electron chi connectivity index (χ4n) is 0.238. The van der Waals surface area contributed by atoms with Gasteiger partial charge in [-0.2, -0.15) is 8.42 Å². The van der Waals surface area contributed by atoms with E-state index < -0.39 is 20.7 Å². The Kier molecular flexibility index (Phi) is 4.39. The maximum absolute atomic E-state index is 10.5. The zero-order valence-corrected chi connectivity index (χ0v) is 8.40. The van der Waals surface area contributed by atoms with E-state index in [9.17, 15) is 8.42 Å². The SMILES string of the molecule is [N-]=[N+]=NS(=O)(=O)OC(Cl)(Cl)CCl. The zero-order valence-electron chi connectivity index (χ0n) is 5.32. The van der Waals surface area contributed by atoms with E-state index >= 15 is 0 Å². The van der Waals surface area contributed by atoms with Crippen LogP contribution < -0.4 is 0 Å². The second-order valence-corrected chi connectivity index (χ2v) is 4.32. The number of azide groups is 1. The lowest BCUT2D eigenvalue weighted by Gasteiger charge is -2.13. The summed E-state index contributed by atoms with van der Waals surface area (Å²) in [5.74, 6) is -0.490. The van der Waals surface area contributed by atoms with Gasteiger partial charge in [-0.05, 0) is 5.53 Å². The van der Waals surface area contributed by atoms with E-state index in [0.29, 0.717) is 0 Å². The Morgan fingerprint density at radius 2 is 2.08 bits per heavy atom. The molecule has 0 aromatic rings. The Morgan fingerprint density at radius 1 is 1.58 bits per heavy atom. The van der Waals surface area contributed by atoms with Gasteiger partial charge in [-0.25, -0.2) is 4.18 Å². The summed E-state index contributed by atoms with van der Waals surface area (Å²) in [6, 6.07) is 0. The molecule has 0 aromatic heterocycles. The molecule has 12 heavy (non-hydrogen) atoms. The summed E-state index contributed by atoms with van der Waals surface area (Å²) >= 11 is 15.5. The molecule has 0 aliphatic heterocycles. The van der Waals surface area contributed by atoms with Crippen LogP contribution in [0.25, 0.3) is 10.4 Å². The Morgan fingerprint density at radius 3 is 2.42 bits per heavy atom. The van der Waals surface area contributed by atoms with Crippen molar-refractivity contribution < 1.29 is 12.6 Å². The van der Waals surface area contributed by atoms with Crippen molar-refractivity contribution in [2.75, 3.05) is 5.88 Å². The molecule has 0 saturated heterocycles. The van der Waals surface area contributed by atoms with E-state index in [1.807, 2.05) is 4.91 Å². The summed E-state index contributed by atoms with van der Waals surface area (Å²) in [6.07, 6.45) is 0. The van der Waals surface area contributed by atoms with Crippen LogP contribution in [0, 0.1) is 0 Å². The lowest BCUT2D eigenvalue weighted by Crippen LogP contribution is -2.22. The molecular weight excluding hydrogens is 252 g/mol. The Bertz CT molecular complexity index is 294. The predicted octanol–water partition coefficient (Wildman–Crippen LogP) is 1.93. The van der Waals surface area contributed by atoms with Crippen LogP contribution in [0.15, 0.2) is 4.52 Å². The average Bonchev–Trinajstić information content (AvgIpc) is 1.85. The predicted molar refractivity (Wildman–Crippen MR) is 44.3 cm³/mol. The summed E-state index contributed by atoms with van der Waals surface area (Å²) in [7, 11) is -4.44. The minimum absolute atomic E-state index is 0.490. The van der Waals surface area contributed by atoms with Crippen molar-refractivity contribution in [1.82, 2.24) is 0 Å². The smallest absolute Gasteiger partial charge is 0.223 e. The van der Waals surface area contributed by atoms with Gasteiger partial charge in [0.25, 0.3) is 0 Å². The normalized spacial score (nSPS) is 12.2. The Labute approximate surface area is 83.2 Å². The van der Waals surface area contributed by atoms with Crippen molar-refractivity contribution in [3.05, 3.63) is 10.4 Å². The van der Waals surface area contributed by atoms with Crippen LogP contribution in [-0.4, -0.2) is 18.8 Å². The van der Waals surface area contributed by atoms with Crippen LogP contribution in [-0.2, 0) is 14.5 Å². The van der Waals surface area contributed by atoms with Crippen LogP contribution in [0.1, 0.15) is 0 Å². The van der Waals surface area contributed by atoms with Gasteiger partial charge < -0.3 is 0 Å². The zero-order chi connectivity index (χ0) is 9.83. The maximum atomic E-state index is 10.5. The van der Waals surface area contributed by atoms with Gasteiger partial charge in [-0.3, -0.25) is 0 Å². The van der Waals surface area contributed by atoms with E-state index in [2.05, 4.69) is 8.70 Å². The fourth-order valence-corrected chi connectivity index (χ4v) is 1.32. The van der Waals surface area contributed by atoms with Crippen molar-refractivity contribution >= 4 is 45.1 Å². The first kappa shape index (κ1) is 12.1. The van der Waals surface area contributed by atoms with Gasteiger partial charge in [0.05, 0.1) is 10.4 Å². The molecule has 0 radical (unpaired) electrons. The standard InChI is InChI=1S/C2H2Cl3N3O3S/c3-1-2(4,5)11-12(9,10)8-7-6/h1H2. The van der Waals surface area contributed by atoms with Gasteiger partial charge in [0.2, 0.25) is 4.52 Å². The van der Waals surface area contributed by atoms with Gasteiger partial charge in [-0.1, -0.05) is 23.2 Å². The molecule has 0 aliphatic carbocycles. The molecule has 70 valence electrons. The monoisotopic (exact) mass is 253 g/mol. The van der Waals surface area contributed by atoms with Gasteiger partial charge in [0.15, 0.2) is 0 Å². The summed E-state index contributed by atoms with van der Waals surface area (Å²) in [5, 5.41) is 0. The van der Waals surface area contributed by atoms with Crippen LogP contribution in [0.3, 0.4) is 0 Å². The third-order valence-corrected chi connectivity index (χ3v) is 2.54. The molecule has 0 unspecified atom stereocenters. The summed E-state index contributed by atoms with van der Waals surface area (Å²) < 4.78 is 25.2. The average molecular weight is 254 g/mol. The Hall–Kier alpha value is 0.0900. The van der Waals surface area contributed by atoms with Crippen LogP contribution in [0.5, 0.6) is 0 Å². The topological polar surface area (TPSA) is 92.1 Å². The van der Waals surface area contributed by atoms with Gasteiger partial charge in [0.1, 0.15) is 0 Å². The number of nitrogens with zero attached hydrogens (tertiary/aromatic N) is 3. The summed E-state index contributed by atoms with van der Waals surface area (Å²) in [6.45, 7) is 0. The molecule has 0 saturated carbocycles. The highest BCUT2D eigenvalue weighted by molar-refractivity contribution is 7.85. The number of alkyl halides is 3. The van der Waals surface area contributed by atoms with E-state index in [1.165, 1.54) is 0 Å². The van der Waals surface area contributed by atoms with Crippen molar-refractivity contribution in [3.8, 4) is 0 Å². The van der Waals surface area contributed by atoms with E-state index in [-0.39, 0.29) is 0 Å². The van der Waals surface area contributed by atoms with E-state index in [4.69, 9.17) is 40.3 Å². The van der Waals surface area contributed by atoms with Gasteiger partial charge >= 0.3 is 10.3 Å². The molecule has 0 aromatic carbocycles. The number of rotatable bonds is 4. The molecule has 0 aliphatic rings. The van der Waals surface area contributed by atoms with Crippen molar-refractivity contribution in [2.24, 2.45) is 4.52 Å². The molecule has 0 N–H and O–H groups in total. The highest BCUT2D eigenvalue weighted by Gasteiger charge is 2.30. The van der Waals surface area contributed by atoms with Crippen LogP contribution in [0.4, 0.5) is 0 Å². The van der Waals surface area contributed by atoms with Crippen molar-refractivity contribution in [2.45, 2.75) is 4.52 Å². The molecule has 0 fully saturated rings. The van der Waals surface area contributed by atoms with E-state index in [0.717, 1.165) is 0 Å². The summed E-state index contributed by atoms with van der Waals surface area (Å²) in [4.78, 5) is 1.98. The highest BCUT2D eigenvalue weighted by atomic mass is 35.5. The molecule has 6 nitrogen and oxygen atoms in total. The van der Waals surface area contributed by atoms with Gasteiger partial charge in [0, 0.05) is 4.91 Å². The number of halogens is 3. The molecule has 0 atom stereocenters. The third-order valence-electron chi connectivity index (χ3n) is 0.519. The molecule has 10 heteroatoms. The largest absolute Gasteiger partial charge is 0.361 e. The molecule has 0 amide bonds. The molecule has 0 spiro atoms. The van der Waals surface area contributed by atoms with Crippen LogP contribution in [0.2, 0.25) is 0 Å². The third kappa shape index (κ3) is 4.87. The number of hydrogen-bond donors (Lipinski definition) is 0. The lowest BCUT2D eigenvalue weighted by molar-refractivity contribution is 0.271. The first-order valence-corrected chi connectivity index (χ1v) is 4.94. The van der Waals surface area contributed by atoms with Crippen LogP contribution >= 0.6 is 34.8 Å². The maximum Gasteiger partial charge on any atom is 0.361 e.